The number of carbonyl (C=O) groups excluding carboxylic acids is 2. The first-order valence-electron chi connectivity index (χ1n) is 6.98. The van der Waals surface area contributed by atoms with Gasteiger partial charge in [-0.15, -0.1) is 0 Å². The van der Waals surface area contributed by atoms with Crippen LogP contribution in [0.4, 0.5) is 0 Å². The summed E-state index contributed by atoms with van der Waals surface area (Å²) in [6.45, 7) is 2.75. The van der Waals surface area contributed by atoms with E-state index < -0.39 is 0 Å². The number of rotatable bonds is 5. The number of nitrogens with zero attached hydrogens (tertiary/aromatic N) is 1. The smallest absolute Gasteiger partial charge is 0.251 e. The Balaban J connectivity index is 1.77. The Hall–Kier alpha value is -2.08. The molecule has 1 fully saturated rings. The number of methoxy groups -OCH3 is 1. The molecule has 6 heteroatoms. The molecule has 1 N–H and O–H groups in total. The maximum atomic E-state index is 12.0. The lowest BCUT2D eigenvalue weighted by Crippen LogP contribution is -2.42. The highest BCUT2D eigenvalue weighted by Gasteiger charge is 2.16. The van der Waals surface area contributed by atoms with E-state index in [4.69, 9.17) is 9.47 Å². The van der Waals surface area contributed by atoms with E-state index in [-0.39, 0.29) is 11.8 Å². The maximum absolute atomic E-state index is 12.0. The molecule has 1 aromatic carbocycles. The molecular weight excluding hydrogens is 272 g/mol. The summed E-state index contributed by atoms with van der Waals surface area (Å²) in [7, 11) is 1.55. The van der Waals surface area contributed by atoms with Gasteiger partial charge in [-0.1, -0.05) is 6.07 Å². The van der Waals surface area contributed by atoms with Crippen LogP contribution >= 0.6 is 0 Å². The van der Waals surface area contributed by atoms with Crippen molar-refractivity contribution in [1.82, 2.24) is 10.2 Å². The third-order valence-corrected chi connectivity index (χ3v) is 3.32. The average molecular weight is 292 g/mol. The highest BCUT2D eigenvalue weighted by Crippen LogP contribution is 2.12. The Bertz CT molecular complexity index is 498. The van der Waals surface area contributed by atoms with Gasteiger partial charge in [-0.05, 0) is 18.2 Å². The van der Waals surface area contributed by atoms with E-state index in [1.54, 1.807) is 36.3 Å². The second-order valence-electron chi connectivity index (χ2n) is 4.73. The van der Waals surface area contributed by atoms with E-state index in [1.165, 1.54) is 0 Å². The van der Waals surface area contributed by atoms with Gasteiger partial charge in [-0.2, -0.15) is 0 Å². The topological polar surface area (TPSA) is 67.9 Å². The second-order valence-corrected chi connectivity index (χ2v) is 4.73. The van der Waals surface area contributed by atoms with Crippen LogP contribution in [0.25, 0.3) is 0 Å². The van der Waals surface area contributed by atoms with Gasteiger partial charge in [0.15, 0.2) is 0 Å². The van der Waals surface area contributed by atoms with Crippen molar-refractivity contribution < 1.29 is 19.1 Å². The summed E-state index contributed by atoms with van der Waals surface area (Å²) in [6, 6.07) is 6.91. The van der Waals surface area contributed by atoms with Gasteiger partial charge < -0.3 is 19.7 Å². The largest absolute Gasteiger partial charge is 0.497 e. The van der Waals surface area contributed by atoms with Crippen LogP contribution in [0.2, 0.25) is 0 Å². The molecule has 0 bridgehead atoms. The van der Waals surface area contributed by atoms with Crippen LogP contribution in [0, 0.1) is 0 Å². The highest BCUT2D eigenvalue weighted by atomic mass is 16.5. The third kappa shape index (κ3) is 4.46. The molecule has 1 heterocycles. The molecule has 114 valence electrons. The van der Waals surface area contributed by atoms with Gasteiger partial charge >= 0.3 is 0 Å². The van der Waals surface area contributed by atoms with Gasteiger partial charge in [0.2, 0.25) is 5.91 Å². The average Bonchev–Trinajstić information content (AvgIpc) is 2.55. The minimum absolute atomic E-state index is 0.0456. The van der Waals surface area contributed by atoms with Crippen molar-refractivity contribution in [1.29, 1.82) is 0 Å². The Morgan fingerprint density at radius 2 is 2.10 bits per heavy atom. The van der Waals surface area contributed by atoms with Gasteiger partial charge in [-0.3, -0.25) is 9.59 Å². The fraction of sp³-hybridized carbons (Fsp3) is 0.467. The van der Waals surface area contributed by atoms with E-state index in [0.717, 1.165) is 0 Å². The number of amides is 2. The van der Waals surface area contributed by atoms with E-state index in [1.807, 2.05) is 0 Å². The summed E-state index contributed by atoms with van der Waals surface area (Å²) in [5, 5.41) is 2.75. The first-order chi connectivity index (χ1) is 10.2. The molecule has 2 amide bonds. The molecule has 0 aliphatic carbocycles. The first-order valence-corrected chi connectivity index (χ1v) is 6.98. The number of benzene rings is 1. The molecule has 0 aromatic heterocycles. The van der Waals surface area contributed by atoms with Crippen molar-refractivity contribution in [2.45, 2.75) is 6.42 Å². The lowest BCUT2D eigenvalue weighted by molar-refractivity contribution is -0.135. The molecule has 0 saturated carbocycles. The van der Waals surface area contributed by atoms with Crippen molar-refractivity contribution in [2.24, 2.45) is 0 Å². The minimum Gasteiger partial charge on any atom is -0.497 e. The summed E-state index contributed by atoms with van der Waals surface area (Å²) >= 11 is 0. The Kier molecular flexibility index (Phi) is 5.57. The normalized spacial score (nSPS) is 14.6. The molecule has 0 atom stereocenters. The zero-order valence-electron chi connectivity index (χ0n) is 12.1. The monoisotopic (exact) mass is 292 g/mol. The zero-order valence-corrected chi connectivity index (χ0v) is 12.1. The van der Waals surface area contributed by atoms with Gasteiger partial charge in [0.05, 0.1) is 20.3 Å². The predicted octanol–water partition coefficient (Wildman–Crippen LogP) is 0.674. The highest BCUT2D eigenvalue weighted by molar-refractivity contribution is 5.94. The van der Waals surface area contributed by atoms with Crippen LogP contribution in [0.1, 0.15) is 16.8 Å². The minimum atomic E-state index is -0.205. The van der Waals surface area contributed by atoms with Crippen LogP contribution in [-0.2, 0) is 9.53 Å². The van der Waals surface area contributed by atoms with Crippen molar-refractivity contribution in [3.63, 3.8) is 0 Å². The molecule has 1 saturated heterocycles. The van der Waals surface area contributed by atoms with Crippen LogP contribution < -0.4 is 10.1 Å². The Labute approximate surface area is 124 Å². The molecule has 0 spiro atoms. The second kappa shape index (κ2) is 7.64. The number of hydrogen-bond donors (Lipinski definition) is 1. The zero-order chi connectivity index (χ0) is 15.1. The van der Waals surface area contributed by atoms with Crippen LogP contribution in [0.5, 0.6) is 5.75 Å². The van der Waals surface area contributed by atoms with Gasteiger partial charge in [0.25, 0.3) is 5.91 Å². The van der Waals surface area contributed by atoms with Crippen LogP contribution in [0.15, 0.2) is 24.3 Å². The molecule has 6 nitrogen and oxygen atoms in total. The first kappa shape index (κ1) is 15.3. The predicted molar refractivity (Wildman–Crippen MR) is 77.3 cm³/mol. The van der Waals surface area contributed by atoms with Crippen molar-refractivity contribution in [3.8, 4) is 5.75 Å². The molecule has 0 radical (unpaired) electrons. The summed E-state index contributed by atoms with van der Waals surface area (Å²) < 4.78 is 10.3. The van der Waals surface area contributed by atoms with E-state index >= 15 is 0 Å². The van der Waals surface area contributed by atoms with Crippen molar-refractivity contribution >= 4 is 11.8 Å². The number of nitrogens with one attached hydrogen (secondary N) is 1. The molecule has 21 heavy (non-hydrogen) atoms. The van der Waals surface area contributed by atoms with Gasteiger partial charge in [0.1, 0.15) is 5.75 Å². The molecule has 0 unspecified atom stereocenters. The SMILES string of the molecule is COc1cccc(C(=O)NCCC(=O)N2CCOCC2)c1. The summed E-state index contributed by atoms with van der Waals surface area (Å²) in [4.78, 5) is 25.6. The van der Waals surface area contributed by atoms with Crippen molar-refractivity contribution in [3.05, 3.63) is 29.8 Å². The van der Waals surface area contributed by atoms with E-state index in [9.17, 15) is 9.59 Å². The molecule has 1 aliphatic rings. The quantitative estimate of drug-likeness (QED) is 0.866. The number of hydrogen-bond acceptors (Lipinski definition) is 4. The number of ether oxygens (including phenoxy) is 2. The summed E-state index contributed by atoms with van der Waals surface area (Å²) in [6.07, 6.45) is 0.301. The lowest BCUT2D eigenvalue weighted by Gasteiger charge is -2.26. The number of carbonyl (C=O) groups is 2. The fourth-order valence-corrected chi connectivity index (χ4v) is 2.12. The molecule has 2 rings (SSSR count). The molecular formula is C15H20N2O4. The molecule has 1 aromatic rings. The van der Waals surface area contributed by atoms with E-state index in [2.05, 4.69) is 5.32 Å². The van der Waals surface area contributed by atoms with Crippen molar-refractivity contribution in [2.75, 3.05) is 40.0 Å². The summed E-state index contributed by atoms with van der Waals surface area (Å²) in [5.74, 6) is 0.472. The van der Waals surface area contributed by atoms with Crippen LogP contribution in [0.3, 0.4) is 0 Å². The van der Waals surface area contributed by atoms with Gasteiger partial charge in [0, 0.05) is 31.6 Å². The Morgan fingerprint density at radius 1 is 1.33 bits per heavy atom. The summed E-state index contributed by atoms with van der Waals surface area (Å²) in [5.41, 5.74) is 0.521. The fourth-order valence-electron chi connectivity index (χ4n) is 2.12. The lowest BCUT2D eigenvalue weighted by atomic mass is 10.2. The third-order valence-electron chi connectivity index (χ3n) is 3.32. The van der Waals surface area contributed by atoms with E-state index in [0.29, 0.717) is 50.6 Å². The van der Waals surface area contributed by atoms with Crippen LogP contribution in [-0.4, -0.2) is 56.7 Å². The number of morpholine rings is 1. The Morgan fingerprint density at radius 3 is 2.81 bits per heavy atom. The molecule has 1 aliphatic heterocycles. The standard InChI is InChI=1S/C15H20N2O4/c1-20-13-4-2-3-12(11-13)15(19)16-6-5-14(18)17-7-9-21-10-8-17/h2-4,11H,5-10H2,1H3,(H,16,19). The maximum Gasteiger partial charge on any atom is 0.251 e. The van der Waals surface area contributed by atoms with Gasteiger partial charge in [-0.25, -0.2) is 0 Å².